The van der Waals surface area contributed by atoms with Crippen molar-refractivity contribution in [3.05, 3.63) is 18.0 Å². The van der Waals surface area contributed by atoms with Crippen LogP contribution in [0.25, 0.3) is 0 Å². The fourth-order valence-electron chi connectivity index (χ4n) is 2.29. The Labute approximate surface area is 96.5 Å². The lowest BCUT2D eigenvalue weighted by Crippen LogP contribution is -2.37. The van der Waals surface area contributed by atoms with Gasteiger partial charge in [-0.2, -0.15) is 5.10 Å². The first kappa shape index (κ1) is 11.6. The molecular weight excluding hydrogens is 202 g/mol. The van der Waals surface area contributed by atoms with Crippen LogP contribution in [-0.2, 0) is 13.5 Å². The van der Waals surface area contributed by atoms with Crippen LogP contribution in [0.3, 0.4) is 0 Å². The zero-order valence-electron chi connectivity index (χ0n) is 9.89. The van der Waals surface area contributed by atoms with Crippen molar-refractivity contribution in [3.8, 4) is 0 Å². The van der Waals surface area contributed by atoms with Gasteiger partial charge in [-0.1, -0.05) is 12.8 Å². The summed E-state index contributed by atoms with van der Waals surface area (Å²) in [5.41, 5.74) is 6.73. The number of hydrogen-bond acceptors (Lipinski definition) is 3. The fourth-order valence-corrected chi connectivity index (χ4v) is 2.29. The van der Waals surface area contributed by atoms with Crippen LogP contribution in [0.5, 0.6) is 0 Å². The van der Waals surface area contributed by atoms with Crippen molar-refractivity contribution in [2.45, 2.75) is 25.7 Å². The van der Waals surface area contributed by atoms with Gasteiger partial charge in [-0.25, -0.2) is 0 Å². The molecule has 16 heavy (non-hydrogen) atoms. The number of aryl methyl sites for hydroxylation is 1. The first-order valence-electron chi connectivity index (χ1n) is 5.97. The molecule has 90 valence electrons. The number of hydrogen-bond donors (Lipinski definition) is 2. The van der Waals surface area contributed by atoms with Crippen LogP contribution in [-0.4, -0.2) is 28.0 Å². The molecule has 0 amide bonds. The zero-order valence-corrected chi connectivity index (χ0v) is 9.89. The van der Waals surface area contributed by atoms with E-state index < -0.39 is 0 Å². The number of aromatic nitrogens is 2. The molecule has 2 rings (SSSR count). The largest absolute Gasteiger partial charge is 0.396 e. The van der Waals surface area contributed by atoms with Crippen molar-refractivity contribution < 1.29 is 5.11 Å². The monoisotopic (exact) mass is 223 g/mol. The summed E-state index contributed by atoms with van der Waals surface area (Å²) >= 11 is 0. The molecular formula is C12H21N3O. The summed E-state index contributed by atoms with van der Waals surface area (Å²) in [6.45, 7) is 0.702. The van der Waals surface area contributed by atoms with Crippen LogP contribution in [0.2, 0.25) is 0 Å². The summed E-state index contributed by atoms with van der Waals surface area (Å²) in [7, 11) is 1.91. The number of aliphatic hydroxyl groups excluding tert-OH is 1. The van der Waals surface area contributed by atoms with E-state index in [0.29, 0.717) is 6.54 Å². The highest BCUT2D eigenvalue weighted by atomic mass is 16.3. The molecule has 1 unspecified atom stereocenters. The Kier molecular flexibility index (Phi) is 3.30. The minimum Gasteiger partial charge on any atom is -0.396 e. The van der Waals surface area contributed by atoms with Crippen molar-refractivity contribution in [2.75, 3.05) is 13.2 Å². The van der Waals surface area contributed by atoms with E-state index in [1.807, 2.05) is 19.3 Å². The Morgan fingerprint density at radius 2 is 2.38 bits per heavy atom. The average Bonchev–Trinajstić information content (AvgIpc) is 3.00. The third-order valence-corrected chi connectivity index (χ3v) is 3.51. The maximum absolute atomic E-state index is 9.61. The zero-order chi connectivity index (χ0) is 11.6. The summed E-state index contributed by atoms with van der Waals surface area (Å²) in [4.78, 5) is 0. The Bertz CT molecular complexity index is 340. The van der Waals surface area contributed by atoms with Crippen LogP contribution in [0.15, 0.2) is 12.3 Å². The summed E-state index contributed by atoms with van der Waals surface area (Å²) < 4.78 is 1.80. The highest BCUT2D eigenvalue weighted by molar-refractivity contribution is 5.04. The number of rotatable bonds is 6. The lowest BCUT2D eigenvalue weighted by atomic mass is 9.79. The van der Waals surface area contributed by atoms with E-state index in [-0.39, 0.29) is 12.0 Å². The van der Waals surface area contributed by atoms with Crippen molar-refractivity contribution in [1.82, 2.24) is 9.78 Å². The van der Waals surface area contributed by atoms with E-state index in [4.69, 9.17) is 5.73 Å². The predicted molar refractivity (Wildman–Crippen MR) is 62.8 cm³/mol. The molecule has 4 heteroatoms. The third-order valence-electron chi connectivity index (χ3n) is 3.51. The van der Waals surface area contributed by atoms with Gasteiger partial charge in [-0.3, -0.25) is 4.68 Å². The summed E-state index contributed by atoms with van der Waals surface area (Å²) in [5, 5.41) is 14.0. The first-order valence-corrected chi connectivity index (χ1v) is 5.97. The average molecular weight is 223 g/mol. The molecule has 1 saturated carbocycles. The molecule has 1 atom stereocenters. The van der Waals surface area contributed by atoms with Crippen LogP contribution < -0.4 is 5.73 Å². The molecule has 1 heterocycles. The second-order valence-electron chi connectivity index (χ2n) is 5.17. The van der Waals surface area contributed by atoms with Gasteiger partial charge in [-0.05, 0) is 18.4 Å². The smallest absolute Gasteiger partial charge is 0.0631 e. The minimum absolute atomic E-state index is 0.157. The van der Waals surface area contributed by atoms with Crippen LogP contribution in [0.1, 0.15) is 25.0 Å². The number of nitrogens with zero attached hydrogens (tertiary/aromatic N) is 2. The molecule has 0 bridgehead atoms. The first-order chi connectivity index (χ1) is 7.67. The second-order valence-corrected chi connectivity index (χ2v) is 5.17. The molecule has 3 N–H and O–H groups in total. The van der Waals surface area contributed by atoms with Gasteiger partial charge in [0.1, 0.15) is 0 Å². The quantitative estimate of drug-likeness (QED) is 0.746. The van der Waals surface area contributed by atoms with Gasteiger partial charge < -0.3 is 10.8 Å². The van der Waals surface area contributed by atoms with Crippen molar-refractivity contribution in [2.24, 2.45) is 24.1 Å². The van der Waals surface area contributed by atoms with Crippen molar-refractivity contribution in [3.63, 3.8) is 0 Å². The maximum Gasteiger partial charge on any atom is 0.0631 e. The van der Waals surface area contributed by atoms with Gasteiger partial charge in [0.05, 0.1) is 12.3 Å². The van der Waals surface area contributed by atoms with Crippen molar-refractivity contribution in [1.29, 1.82) is 0 Å². The maximum atomic E-state index is 9.61. The van der Waals surface area contributed by atoms with E-state index in [1.54, 1.807) is 4.68 Å². The van der Waals surface area contributed by atoms with Crippen molar-refractivity contribution >= 4 is 0 Å². The topological polar surface area (TPSA) is 64.1 Å². The molecule has 0 aliphatic heterocycles. The van der Waals surface area contributed by atoms with Crippen LogP contribution in [0.4, 0.5) is 0 Å². The Morgan fingerprint density at radius 1 is 1.62 bits per heavy atom. The molecule has 0 saturated heterocycles. The predicted octanol–water partition coefficient (Wildman–Crippen LogP) is 0.700. The molecule has 1 aliphatic carbocycles. The minimum atomic E-state index is -0.157. The van der Waals surface area contributed by atoms with Gasteiger partial charge in [0.15, 0.2) is 0 Å². The molecule has 1 aliphatic rings. The van der Waals surface area contributed by atoms with E-state index in [1.165, 1.54) is 12.8 Å². The molecule has 1 aromatic rings. The van der Waals surface area contributed by atoms with Gasteiger partial charge >= 0.3 is 0 Å². The van der Waals surface area contributed by atoms with Crippen LogP contribution >= 0.6 is 0 Å². The van der Waals surface area contributed by atoms with E-state index in [0.717, 1.165) is 24.5 Å². The second kappa shape index (κ2) is 4.55. The number of nitrogens with two attached hydrogens (primary N) is 1. The van der Waals surface area contributed by atoms with Gasteiger partial charge in [-0.15, -0.1) is 0 Å². The third kappa shape index (κ3) is 2.62. The van der Waals surface area contributed by atoms with Gasteiger partial charge in [0.25, 0.3) is 0 Å². The molecule has 0 spiro atoms. The molecule has 4 nitrogen and oxygen atoms in total. The summed E-state index contributed by atoms with van der Waals surface area (Å²) in [6.07, 6.45) is 6.35. The Morgan fingerprint density at radius 3 is 2.81 bits per heavy atom. The molecule has 0 radical (unpaired) electrons. The van der Waals surface area contributed by atoms with E-state index in [2.05, 4.69) is 5.10 Å². The molecule has 0 aromatic carbocycles. The normalized spacial score (nSPS) is 19.7. The van der Waals surface area contributed by atoms with Gasteiger partial charge in [0.2, 0.25) is 0 Å². The summed E-state index contributed by atoms with van der Waals surface area (Å²) in [6, 6.07) is 2.01. The highest BCUT2D eigenvalue weighted by Crippen LogP contribution is 2.41. The lowest BCUT2D eigenvalue weighted by molar-refractivity contribution is 0.114. The van der Waals surface area contributed by atoms with Crippen LogP contribution in [0, 0.1) is 11.3 Å². The highest BCUT2D eigenvalue weighted by Gasteiger charge is 2.36. The van der Waals surface area contributed by atoms with E-state index >= 15 is 0 Å². The SMILES string of the molecule is Cn1ccc(CC(CN)(CO)CC2CC2)n1. The Balaban J connectivity index is 2.05. The Hall–Kier alpha value is -0.870. The lowest BCUT2D eigenvalue weighted by Gasteiger charge is -2.29. The van der Waals surface area contributed by atoms with Gasteiger partial charge in [0, 0.05) is 31.6 Å². The molecule has 1 fully saturated rings. The van der Waals surface area contributed by atoms with E-state index in [9.17, 15) is 5.11 Å². The standard InChI is InChI=1S/C12H21N3O/c1-15-5-4-11(14-15)7-12(8-13,9-16)6-10-2-3-10/h4-5,10,16H,2-3,6-9,13H2,1H3. The molecule has 1 aromatic heterocycles. The summed E-state index contributed by atoms with van der Waals surface area (Å²) in [5.74, 6) is 0.777. The number of aliphatic hydroxyl groups is 1. The fraction of sp³-hybridized carbons (Fsp3) is 0.750.